The van der Waals surface area contributed by atoms with Crippen LogP contribution in [0.5, 0.6) is 0 Å². The van der Waals surface area contributed by atoms with Crippen molar-refractivity contribution >= 4 is 28.2 Å². The number of nitrogens with zero attached hydrogens (tertiary/aromatic N) is 2. The molecular formula is C13H9FN4O2. The molecule has 2 heterocycles. The fourth-order valence-corrected chi connectivity index (χ4v) is 1.84. The van der Waals surface area contributed by atoms with E-state index in [9.17, 15) is 9.18 Å². The molecule has 0 saturated heterocycles. The second kappa shape index (κ2) is 4.61. The van der Waals surface area contributed by atoms with Gasteiger partial charge < -0.3 is 15.6 Å². The average Bonchev–Trinajstić information content (AvgIpc) is 2.96. The molecule has 20 heavy (non-hydrogen) atoms. The number of nitrogen functional groups attached to an aromatic ring is 1. The molecule has 0 saturated carbocycles. The summed E-state index contributed by atoms with van der Waals surface area (Å²) in [6.45, 7) is 0. The van der Waals surface area contributed by atoms with Gasteiger partial charge in [0.2, 0.25) is 0 Å². The standard InChI is InChI=1S/C13H9FN4O2/c14-7-2-1-3-8-11(7)12(15)10(6-16-8)17-13(19)9-4-5-20-18-9/h1-6H,(H2,15,16)(H,17,19). The van der Waals surface area contributed by atoms with Crippen molar-refractivity contribution in [3.8, 4) is 0 Å². The van der Waals surface area contributed by atoms with E-state index in [4.69, 9.17) is 5.73 Å². The largest absolute Gasteiger partial charge is 0.396 e. The maximum Gasteiger partial charge on any atom is 0.277 e. The van der Waals surface area contributed by atoms with E-state index in [0.29, 0.717) is 5.52 Å². The van der Waals surface area contributed by atoms with Gasteiger partial charge >= 0.3 is 0 Å². The lowest BCUT2D eigenvalue weighted by Crippen LogP contribution is -2.14. The highest BCUT2D eigenvalue weighted by molar-refractivity contribution is 6.07. The number of rotatable bonds is 2. The van der Waals surface area contributed by atoms with Crippen molar-refractivity contribution in [1.29, 1.82) is 0 Å². The third-order valence-electron chi connectivity index (χ3n) is 2.80. The van der Waals surface area contributed by atoms with Crippen molar-refractivity contribution in [2.75, 3.05) is 11.1 Å². The van der Waals surface area contributed by atoms with Gasteiger partial charge in [0.05, 0.1) is 28.5 Å². The van der Waals surface area contributed by atoms with Crippen LogP contribution in [0.4, 0.5) is 15.8 Å². The van der Waals surface area contributed by atoms with Crippen molar-refractivity contribution in [2.45, 2.75) is 0 Å². The van der Waals surface area contributed by atoms with Gasteiger partial charge in [-0.1, -0.05) is 11.2 Å². The Morgan fingerprint density at radius 1 is 1.35 bits per heavy atom. The minimum atomic E-state index is -0.511. The van der Waals surface area contributed by atoms with Crippen LogP contribution < -0.4 is 11.1 Å². The summed E-state index contributed by atoms with van der Waals surface area (Å²) in [6, 6.07) is 5.86. The molecule has 0 radical (unpaired) electrons. The number of hydrogen-bond donors (Lipinski definition) is 2. The lowest BCUT2D eigenvalue weighted by Gasteiger charge is -2.09. The predicted molar refractivity (Wildman–Crippen MR) is 70.6 cm³/mol. The quantitative estimate of drug-likeness (QED) is 0.745. The minimum Gasteiger partial charge on any atom is -0.396 e. The highest BCUT2D eigenvalue weighted by Gasteiger charge is 2.14. The van der Waals surface area contributed by atoms with Gasteiger partial charge in [-0.2, -0.15) is 0 Å². The zero-order valence-electron chi connectivity index (χ0n) is 10.1. The summed E-state index contributed by atoms with van der Waals surface area (Å²) in [4.78, 5) is 15.9. The Kier molecular flexibility index (Phi) is 2.79. The molecule has 1 amide bonds. The average molecular weight is 272 g/mol. The third-order valence-corrected chi connectivity index (χ3v) is 2.80. The van der Waals surface area contributed by atoms with Gasteiger partial charge in [0, 0.05) is 6.07 Å². The van der Waals surface area contributed by atoms with Crippen molar-refractivity contribution in [2.24, 2.45) is 0 Å². The first-order chi connectivity index (χ1) is 9.66. The number of hydrogen-bond acceptors (Lipinski definition) is 5. The van der Waals surface area contributed by atoms with Crippen LogP contribution in [0.2, 0.25) is 0 Å². The van der Waals surface area contributed by atoms with Gasteiger partial charge in [-0.3, -0.25) is 9.78 Å². The molecule has 0 fully saturated rings. The Balaban J connectivity index is 2.03. The monoisotopic (exact) mass is 272 g/mol. The normalized spacial score (nSPS) is 10.7. The number of fused-ring (bicyclic) bond motifs is 1. The van der Waals surface area contributed by atoms with Crippen LogP contribution in [-0.2, 0) is 0 Å². The molecule has 100 valence electrons. The zero-order valence-corrected chi connectivity index (χ0v) is 10.1. The molecular weight excluding hydrogens is 263 g/mol. The van der Waals surface area contributed by atoms with Gasteiger partial charge in [-0.25, -0.2) is 4.39 Å². The maximum absolute atomic E-state index is 13.8. The van der Waals surface area contributed by atoms with Crippen molar-refractivity contribution in [3.05, 3.63) is 48.2 Å². The second-order valence-electron chi connectivity index (χ2n) is 4.06. The van der Waals surface area contributed by atoms with Gasteiger partial charge in [0.15, 0.2) is 5.69 Å². The smallest absolute Gasteiger partial charge is 0.277 e. The minimum absolute atomic E-state index is 0.0954. The van der Waals surface area contributed by atoms with Crippen LogP contribution in [0.25, 0.3) is 10.9 Å². The highest BCUT2D eigenvalue weighted by atomic mass is 19.1. The van der Waals surface area contributed by atoms with Gasteiger partial charge in [0.25, 0.3) is 5.91 Å². The number of aromatic nitrogens is 2. The Hall–Kier alpha value is -2.96. The molecule has 0 aliphatic carbocycles. The molecule has 6 nitrogen and oxygen atoms in total. The van der Waals surface area contributed by atoms with Crippen LogP contribution in [0.1, 0.15) is 10.5 Å². The number of carbonyl (C=O) groups is 1. The van der Waals surface area contributed by atoms with Crippen molar-refractivity contribution < 1.29 is 13.7 Å². The Bertz CT molecular complexity index is 786. The molecule has 3 rings (SSSR count). The van der Waals surface area contributed by atoms with Crippen molar-refractivity contribution in [3.63, 3.8) is 0 Å². The Morgan fingerprint density at radius 3 is 2.95 bits per heavy atom. The zero-order chi connectivity index (χ0) is 14.1. The summed E-state index contributed by atoms with van der Waals surface area (Å²) in [5, 5.41) is 6.19. The number of amides is 1. The van der Waals surface area contributed by atoms with Crippen LogP contribution in [0.15, 0.2) is 41.2 Å². The molecule has 1 aromatic carbocycles. The van der Waals surface area contributed by atoms with E-state index in [2.05, 4.69) is 20.0 Å². The SMILES string of the molecule is Nc1c(NC(=O)c2ccon2)cnc2cccc(F)c12. The number of nitrogens with one attached hydrogen (secondary N) is 1. The summed E-state index contributed by atoms with van der Waals surface area (Å²) in [7, 11) is 0. The van der Waals surface area contributed by atoms with Crippen LogP contribution in [0, 0.1) is 5.82 Å². The maximum atomic E-state index is 13.8. The Morgan fingerprint density at radius 2 is 2.20 bits per heavy atom. The molecule has 0 unspecified atom stereocenters. The summed E-state index contributed by atoms with van der Waals surface area (Å²) >= 11 is 0. The number of carbonyl (C=O) groups excluding carboxylic acids is 1. The fourth-order valence-electron chi connectivity index (χ4n) is 1.84. The molecule has 0 aliphatic rings. The van der Waals surface area contributed by atoms with Crippen molar-refractivity contribution in [1.82, 2.24) is 10.1 Å². The van der Waals surface area contributed by atoms with E-state index in [-0.39, 0.29) is 22.5 Å². The molecule has 3 aromatic rings. The summed E-state index contributed by atoms with van der Waals surface area (Å²) in [5.74, 6) is -1.01. The lowest BCUT2D eigenvalue weighted by molar-refractivity contribution is 0.101. The van der Waals surface area contributed by atoms with E-state index in [1.54, 1.807) is 6.07 Å². The highest BCUT2D eigenvalue weighted by Crippen LogP contribution is 2.29. The number of pyridine rings is 1. The first-order valence-electron chi connectivity index (χ1n) is 5.71. The van der Waals surface area contributed by atoms with Gasteiger partial charge in [-0.05, 0) is 12.1 Å². The summed E-state index contributed by atoms with van der Waals surface area (Å²) in [5.41, 5.74) is 6.73. The fraction of sp³-hybridized carbons (Fsp3) is 0. The van der Waals surface area contributed by atoms with E-state index < -0.39 is 11.7 Å². The number of nitrogens with two attached hydrogens (primary N) is 1. The molecule has 0 atom stereocenters. The topological polar surface area (TPSA) is 94.0 Å². The number of anilines is 2. The summed E-state index contributed by atoms with van der Waals surface area (Å²) < 4.78 is 18.4. The van der Waals surface area contributed by atoms with Crippen LogP contribution in [0.3, 0.4) is 0 Å². The molecule has 7 heteroatoms. The molecule has 2 aromatic heterocycles. The van der Waals surface area contributed by atoms with E-state index in [0.717, 1.165) is 0 Å². The van der Waals surface area contributed by atoms with Crippen LogP contribution in [-0.4, -0.2) is 16.0 Å². The second-order valence-corrected chi connectivity index (χ2v) is 4.06. The molecule has 0 bridgehead atoms. The van der Waals surface area contributed by atoms with E-state index in [1.165, 1.54) is 30.7 Å². The molecule has 0 spiro atoms. The number of benzene rings is 1. The predicted octanol–water partition coefficient (Wildman–Crippen LogP) is 2.20. The summed E-state index contributed by atoms with van der Waals surface area (Å²) in [6.07, 6.45) is 2.64. The van der Waals surface area contributed by atoms with E-state index >= 15 is 0 Å². The Labute approximate surface area is 112 Å². The molecule has 3 N–H and O–H groups in total. The van der Waals surface area contributed by atoms with E-state index in [1.807, 2.05) is 0 Å². The lowest BCUT2D eigenvalue weighted by atomic mass is 10.1. The van der Waals surface area contributed by atoms with Crippen LogP contribution >= 0.6 is 0 Å². The first-order valence-corrected chi connectivity index (χ1v) is 5.71. The van der Waals surface area contributed by atoms with Gasteiger partial charge in [0.1, 0.15) is 12.1 Å². The molecule has 0 aliphatic heterocycles. The first kappa shape index (κ1) is 12.1. The third kappa shape index (κ3) is 1.95. The van der Waals surface area contributed by atoms with Gasteiger partial charge in [-0.15, -0.1) is 0 Å². The number of halogens is 1.